The van der Waals surface area contributed by atoms with Gasteiger partial charge in [-0.25, -0.2) is 4.98 Å². The Morgan fingerprint density at radius 2 is 1.87 bits per heavy atom. The minimum absolute atomic E-state index is 0. The fraction of sp³-hybridized carbons (Fsp3) is 0.478. The lowest BCUT2D eigenvalue weighted by Crippen LogP contribution is -2.46. The lowest BCUT2D eigenvalue weighted by molar-refractivity contribution is 0.270. The molecule has 1 aromatic carbocycles. The molecule has 1 aliphatic rings. The van der Waals surface area contributed by atoms with Crippen molar-refractivity contribution >= 4 is 35.8 Å². The second-order valence-corrected chi connectivity index (χ2v) is 7.43. The molecule has 1 aliphatic heterocycles. The van der Waals surface area contributed by atoms with Gasteiger partial charge in [-0.2, -0.15) is 0 Å². The zero-order valence-corrected chi connectivity index (χ0v) is 21.2. The molecule has 2 aromatic rings. The van der Waals surface area contributed by atoms with Gasteiger partial charge >= 0.3 is 0 Å². The Labute approximate surface area is 203 Å². The average molecular weight is 538 g/mol. The highest BCUT2D eigenvalue weighted by atomic mass is 127. The highest BCUT2D eigenvalue weighted by Crippen LogP contribution is 2.14. The third kappa shape index (κ3) is 7.84. The van der Waals surface area contributed by atoms with Gasteiger partial charge in [0.25, 0.3) is 0 Å². The molecule has 170 valence electrons. The Morgan fingerprint density at radius 3 is 2.48 bits per heavy atom. The van der Waals surface area contributed by atoms with Crippen molar-refractivity contribution in [2.75, 3.05) is 64.9 Å². The van der Waals surface area contributed by atoms with Crippen molar-refractivity contribution in [3.05, 3.63) is 54.2 Å². The van der Waals surface area contributed by atoms with Gasteiger partial charge in [0.1, 0.15) is 18.2 Å². The normalized spacial score (nSPS) is 14.7. The third-order valence-electron chi connectivity index (χ3n) is 5.42. The van der Waals surface area contributed by atoms with Crippen LogP contribution in [0.2, 0.25) is 0 Å². The van der Waals surface area contributed by atoms with Crippen molar-refractivity contribution < 1.29 is 4.74 Å². The standard InChI is InChI=1S/C23H34N6O.HI/c1-4-28-12-14-29(15-13-28)22-11-10-20(18-25-22)19-26-23(24-2)27(3)16-17-30-21-8-6-5-7-9-21;/h5-11,18H,4,12-17,19H2,1-3H3,(H,24,26);1H. The van der Waals surface area contributed by atoms with E-state index in [1.54, 1.807) is 7.05 Å². The van der Waals surface area contributed by atoms with E-state index in [1.807, 2.05) is 43.6 Å². The topological polar surface area (TPSA) is 56.2 Å². The van der Waals surface area contributed by atoms with Crippen LogP contribution in [0.3, 0.4) is 0 Å². The highest BCUT2D eigenvalue weighted by molar-refractivity contribution is 14.0. The van der Waals surface area contributed by atoms with E-state index < -0.39 is 0 Å². The number of likely N-dealkylation sites (N-methyl/N-ethyl adjacent to an activating group) is 2. The van der Waals surface area contributed by atoms with E-state index in [9.17, 15) is 0 Å². The van der Waals surface area contributed by atoms with Gasteiger partial charge in [0.05, 0.1) is 6.54 Å². The van der Waals surface area contributed by atoms with Crippen molar-refractivity contribution in [1.82, 2.24) is 20.1 Å². The minimum Gasteiger partial charge on any atom is -0.492 e. The summed E-state index contributed by atoms with van der Waals surface area (Å²) in [4.78, 5) is 16.0. The number of piperazine rings is 1. The number of benzene rings is 1. The minimum atomic E-state index is 0. The molecule has 8 heteroatoms. The molecule has 0 atom stereocenters. The number of rotatable bonds is 8. The van der Waals surface area contributed by atoms with Crippen LogP contribution < -0.4 is 15.0 Å². The van der Waals surface area contributed by atoms with Crippen LogP contribution in [0.4, 0.5) is 5.82 Å². The first-order chi connectivity index (χ1) is 14.7. The molecule has 0 bridgehead atoms. The summed E-state index contributed by atoms with van der Waals surface area (Å²) in [5, 5.41) is 3.41. The van der Waals surface area contributed by atoms with Gasteiger partial charge in [0, 0.05) is 53.0 Å². The molecule has 0 saturated carbocycles. The van der Waals surface area contributed by atoms with Crippen molar-refractivity contribution in [3.8, 4) is 5.75 Å². The maximum absolute atomic E-state index is 5.78. The Morgan fingerprint density at radius 1 is 1.13 bits per heavy atom. The summed E-state index contributed by atoms with van der Waals surface area (Å²) in [5.74, 6) is 2.79. The molecular weight excluding hydrogens is 503 g/mol. The summed E-state index contributed by atoms with van der Waals surface area (Å²) < 4.78 is 5.78. The second kappa shape index (κ2) is 13.4. The van der Waals surface area contributed by atoms with E-state index >= 15 is 0 Å². The first-order valence-electron chi connectivity index (χ1n) is 10.7. The number of ether oxygens (including phenoxy) is 1. The lowest BCUT2D eigenvalue weighted by atomic mass is 10.2. The van der Waals surface area contributed by atoms with E-state index in [0.29, 0.717) is 13.2 Å². The SMILES string of the molecule is CCN1CCN(c2ccc(CNC(=NC)N(C)CCOc3ccccc3)cn2)CC1.I. The summed E-state index contributed by atoms with van der Waals surface area (Å²) in [6, 6.07) is 14.1. The number of pyridine rings is 1. The van der Waals surface area contributed by atoms with E-state index in [4.69, 9.17) is 4.74 Å². The largest absolute Gasteiger partial charge is 0.492 e. The zero-order chi connectivity index (χ0) is 21.2. The molecule has 3 rings (SSSR count). The summed E-state index contributed by atoms with van der Waals surface area (Å²) in [6.45, 7) is 9.68. The predicted molar refractivity (Wildman–Crippen MR) is 139 cm³/mol. The molecule has 1 saturated heterocycles. The van der Waals surface area contributed by atoms with Gasteiger partial charge in [0.15, 0.2) is 5.96 Å². The fourth-order valence-electron chi connectivity index (χ4n) is 3.49. The van der Waals surface area contributed by atoms with Crippen LogP contribution in [0.25, 0.3) is 0 Å². The highest BCUT2D eigenvalue weighted by Gasteiger charge is 2.16. The maximum Gasteiger partial charge on any atom is 0.193 e. The first kappa shape index (κ1) is 25.2. The number of guanidine groups is 1. The summed E-state index contributed by atoms with van der Waals surface area (Å²) in [6.07, 6.45) is 1.96. The molecule has 0 unspecified atom stereocenters. The van der Waals surface area contributed by atoms with Gasteiger partial charge in [-0.3, -0.25) is 4.99 Å². The van der Waals surface area contributed by atoms with Crippen LogP contribution in [0.1, 0.15) is 12.5 Å². The van der Waals surface area contributed by atoms with Crippen LogP contribution in [0, 0.1) is 0 Å². The van der Waals surface area contributed by atoms with Gasteiger partial charge in [-0.05, 0) is 30.3 Å². The van der Waals surface area contributed by atoms with Gasteiger partial charge < -0.3 is 24.8 Å². The smallest absolute Gasteiger partial charge is 0.193 e. The quantitative estimate of drug-likeness (QED) is 0.317. The van der Waals surface area contributed by atoms with Crippen LogP contribution in [-0.4, -0.2) is 80.7 Å². The molecule has 31 heavy (non-hydrogen) atoms. The first-order valence-corrected chi connectivity index (χ1v) is 10.7. The van der Waals surface area contributed by atoms with E-state index in [2.05, 4.69) is 49.0 Å². The van der Waals surface area contributed by atoms with Crippen LogP contribution in [-0.2, 0) is 6.54 Å². The monoisotopic (exact) mass is 538 g/mol. The number of hydrogen-bond donors (Lipinski definition) is 1. The Bertz CT molecular complexity index is 778. The molecule has 0 spiro atoms. The van der Waals surface area contributed by atoms with Crippen LogP contribution >= 0.6 is 24.0 Å². The molecule has 0 aliphatic carbocycles. The van der Waals surface area contributed by atoms with Gasteiger partial charge in [0.2, 0.25) is 0 Å². The van der Waals surface area contributed by atoms with Crippen LogP contribution in [0.5, 0.6) is 5.75 Å². The van der Waals surface area contributed by atoms with Crippen molar-refractivity contribution in [2.24, 2.45) is 4.99 Å². The number of hydrogen-bond acceptors (Lipinski definition) is 5. The van der Waals surface area contributed by atoms with Crippen LogP contribution in [0.15, 0.2) is 53.7 Å². The summed E-state index contributed by atoms with van der Waals surface area (Å²) in [5.41, 5.74) is 1.14. The number of aromatic nitrogens is 1. The number of aliphatic imine (C=N–C) groups is 1. The number of halogens is 1. The number of anilines is 1. The van der Waals surface area contributed by atoms with Crippen molar-refractivity contribution in [3.63, 3.8) is 0 Å². The predicted octanol–water partition coefficient (Wildman–Crippen LogP) is 2.93. The Hall–Kier alpha value is -2.07. The molecule has 1 N–H and O–H groups in total. The van der Waals surface area contributed by atoms with Crippen molar-refractivity contribution in [1.29, 1.82) is 0 Å². The van der Waals surface area contributed by atoms with E-state index in [-0.39, 0.29) is 24.0 Å². The summed E-state index contributed by atoms with van der Waals surface area (Å²) >= 11 is 0. The molecule has 0 radical (unpaired) electrons. The third-order valence-corrected chi connectivity index (χ3v) is 5.42. The Balaban J connectivity index is 0.00000341. The lowest BCUT2D eigenvalue weighted by Gasteiger charge is -2.34. The van der Waals surface area contributed by atoms with Crippen molar-refractivity contribution in [2.45, 2.75) is 13.5 Å². The van der Waals surface area contributed by atoms with Gasteiger partial charge in [-0.15, -0.1) is 24.0 Å². The Kier molecular flexibility index (Phi) is 10.9. The molecule has 7 nitrogen and oxygen atoms in total. The second-order valence-electron chi connectivity index (χ2n) is 7.43. The molecule has 1 aromatic heterocycles. The zero-order valence-electron chi connectivity index (χ0n) is 18.8. The van der Waals surface area contributed by atoms with E-state index in [0.717, 1.165) is 62.4 Å². The molecular formula is C23H35IN6O. The van der Waals surface area contributed by atoms with E-state index in [1.165, 1.54) is 0 Å². The number of para-hydroxylation sites is 1. The van der Waals surface area contributed by atoms with Gasteiger partial charge in [-0.1, -0.05) is 31.2 Å². The molecule has 2 heterocycles. The number of nitrogens with one attached hydrogen (secondary N) is 1. The maximum atomic E-state index is 5.78. The average Bonchev–Trinajstić information content (AvgIpc) is 2.81. The molecule has 1 fully saturated rings. The fourth-order valence-corrected chi connectivity index (χ4v) is 3.49. The molecule has 0 amide bonds. The summed E-state index contributed by atoms with van der Waals surface area (Å²) in [7, 11) is 3.81. The number of nitrogens with zero attached hydrogens (tertiary/aromatic N) is 5.